The van der Waals surface area contributed by atoms with E-state index in [9.17, 15) is 13.2 Å². The maximum atomic E-state index is 11.5. The summed E-state index contributed by atoms with van der Waals surface area (Å²) in [6.07, 6.45) is 0. The quantitative estimate of drug-likeness (QED) is 0.762. The van der Waals surface area contributed by atoms with Crippen molar-refractivity contribution in [1.29, 1.82) is 0 Å². The second-order valence-corrected chi connectivity index (χ2v) is 4.80. The van der Waals surface area contributed by atoms with Crippen molar-refractivity contribution in [3.63, 3.8) is 0 Å². The normalized spacial score (nSPS) is 11.3. The summed E-state index contributed by atoms with van der Waals surface area (Å²) in [6.45, 7) is -0.757. The minimum Gasteiger partial charge on any atom is -0.479 e. The highest BCUT2D eigenvalue weighted by Crippen LogP contribution is 2.13. The summed E-state index contributed by atoms with van der Waals surface area (Å²) in [7, 11) is -3.87. The molecule has 0 radical (unpaired) electrons. The van der Waals surface area contributed by atoms with Crippen LogP contribution in [0.1, 0.15) is 0 Å². The molecule has 0 aliphatic heterocycles. The Morgan fingerprint density at radius 1 is 1.38 bits per heavy atom. The third kappa shape index (κ3) is 3.78. The van der Waals surface area contributed by atoms with Crippen LogP contribution in [-0.2, 0) is 19.7 Å². The molecule has 0 saturated carbocycles. The molecule has 0 aliphatic carbocycles. The van der Waals surface area contributed by atoms with Gasteiger partial charge in [-0.1, -0.05) is 16.5 Å². The van der Waals surface area contributed by atoms with E-state index < -0.39 is 22.6 Å². The summed E-state index contributed by atoms with van der Waals surface area (Å²) >= 11 is 5.58. The number of benzene rings is 1. The lowest BCUT2D eigenvalue weighted by atomic mass is 10.4. The molecule has 0 unspecified atom stereocenters. The topological polar surface area (TPSA) is 92.7 Å². The molecular formula is C8H8ClNO5S. The second kappa shape index (κ2) is 5.26. The molecular weight excluding hydrogens is 258 g/mol. The number of rotatable bonds is 5. The van der Waals surface area contributed by atoms with Gasteiger partial charge >= 0.3 is 5.97 Å². The first kappa shape index (κ1) is 12.9. The SMILES string of the molecule is O=C(O)CONS(=O)(=O)c1ccc(Cl)cc1. The first-order valence-corrected chi connectivity index (χ1v) is 5.89. The number of hydrogen-bond donors (Lipinski definition) is 2. The van der Waals surface area contributed by atoms with Crippen LogP contribution in [0, 0.1) is 0 Å². The van der Waals surface area contributed by atoms with E-state index in [1.165, 1.54) is 24.3 Å². The summed E-state index contributed by atoms with van der Waals surface area (Å²) in [5, 5.41) is 8.63. The first-order valence-electron chi connectivity index (χ1n) is 4.03. The van der Waals surface area contributed by atoms with Crippen LogP contribution in [0.5, 0.6) is 0 Å². The van der Waals surface area contributed by atoms with Gasteiger partial charge in [0.25, 0.3) is 10.0 Å². The molecule has 16 heavy (non-hydrogen) atoms. The molecule has 1 aromatic rings. The largest absolute Gasteiger partial charge is 0.479 e. The minimum atomic E-state index is -3.87. The van der Waals surface area contributed by atoms with Gasteiger partial charge in [-0.3, -0.25) is 4.84 Å². The Bertz CT molecular complexity index is 470. The van der Waals surface area contributed by atoms with Gasteiger partial charge in [-0.15, -0.1) is 0 Å². The van der Waals surface area contributed by atoms with Gasteiger partial charge in [-0.05, 0) is 24.3 Å². The highest BCUT2D eigenvalue weighted by Gasteiger charge is 2.14. The van der Waals surface area contributed by atoms with Crippen molar-refractivity contribution in [2.75, 3.05) is 6.61 Å². The summed E-state index contributed by atoms with van der Waals surface area (Å²) in [4.78, 5) is 16.0. The van der Waals surface area contributed by atoms with E-state index in [0.717, 1.165) is 0 Å². The Hall–Kier alpha value is -1.15. The third-order valence-electron chi connectivity index (χ3n) is 1.49. The Morgan fingerprint density at radius 3 is 2.44 bits per heavy atom. The second-order valence-electron chi connectivity index (χ2n) is 2.72. The van der Waals surface area contributed by atoms with Crippen LogP contribution < -0.4 is 4.89 Å². The summed E-state index contributed by atoms with van der Waals surface area (Å²) in [6, 6.07) is 5.34. The number of carboxylic acids is 1. The third-order valence-corrected chi connectivity index (χ3v) is 2.97. The maximum Gasteiger partial charge on any atom is 0.331 e. The zero-order valence-corrected chi connectivity index (χ0v) is 9.46. The van der Waals surface area contributed by atoms with Gasteiger partial charge in [0.1, 0.15) is 0 Å². The lowest BCUT2D eigenvalue weighted by molar-refractivity contribution is -0.143. The Morgan fingerprint density at radius 2 is 1.94 bits per heavy atom. The van der Waals surface area contributed by atoms with Gasteiger partial charge < -0.3 is 5.11 Å². The summed E-state index contributed by atoms with van der Waals surface area (Å²) in [5.74, 6) is -1.28. The Labute approximate surface area is 96.8 Å². The average Bonchev–Trinajstić information content (AvgIpc) is 2.17. The minimum absolute atomic E-state index is 0.0673. The van der Waals surface area contributed by atoms with Crippen molar-refractivity contribution in [2.45, 2.75) is 4.90 Å². The molecule has 1 rings (SSSR count). The smallest absolute Gasteiger partial charge is 0.331 e. The molecule has 6 nitrogen and oxygen atoms in total. The van der Waals surface area contributed by atoms with Crippen LogP contribution in [0.3, 0.4) is 0 Å². The van der Waals surface area contributed by atoms with Crippen molar-refractivity contribution in [3.8, 4) is 0 Å². The molecule has 8 heteroatoms. The molecule has 1 aromatic carbocycles. The fourth-order valence-electron chi connectivity index (χ4n) is 0.831. The van der Waals surface area contributed by atoms with E-state index in [1.807, 2.05) is 0 Å². The van der Waals surface area contributed by atoms with E-state index >= 15 is 0 Å². The Kier molecular flexibility index (Phi) is 4.25. The van der Waals surface area contributed by atoms with Gasteiger partial charge in [0, 0.05) is 5.02 Å². The summed E-state index contributed by atoms with van der Waals surface area (Å²) in [5.41, 5.74) is 0. The number of carboxylic acid groups (broad SMARTS) is 1. The van der Waals surface area contributed by atoms with Crippen molar-refractivity contribution < 1.29 is 23.2 Å². The van der Waals surface area contributed by atoms with Crippen LogP contribution in [0.2, 0.25) is 5.02 Å². The molecule has 0 atom stereocenters. The predicted octanol–water partition coefficient (Wildman–Crippen LogP) is 0.635. The zero-order chi connectivity index (χ0) is 12.2. The molecule has 0 saturated heterocycles. The van der Waals surface area contributed by atoms with Crippen LogP contribution in [0.15, 0.2) is 29.2 Å². The molecule has 0 heterocycles. The summed E-state index contributed by atoms with van der Waals surface area (Å²) < 4.78 is 22.9. The van der Waals surface area contributed by atoms with Gasteiger partial charge in [0.2, 0.25) is 0 Å². The van der Waals surface area contributed by atoms with Gasteiger partial charge in [0.05, 0.1) is 4.90 Å². The number of halogens is 1. The average molecular weight is 266 g/mol. The number of carbonyl (C=O) groups is 1. The van der Waals surface area contributed by atoms with E-state index in [4.69, 9.17) is 16.7 Å². The molecule has 0 aliphatic rings. The molecule has 0 spiro atoms. The highest BCUT2D eigenvalue weighted by molar-refractivity contribution is 7.89. The van der Waals surface area contributed by atoms with Crippen molar-refractivity contribution in [1.82, 2.24) is 4.89 Å². The van der Waals surface area contributed by atoms with Crippen molar-refractivity contribution >= 4 is 27.6 Å². The van der Waals surface area contributed by atoms with Crippen LogP contribution in [0.25, 0.3) is 0 Å². The first-order chi connectivity index (χ1) is 7.42. The Balaban J connectivity index is 2.71. The monoisotopic (exact) mass is 265 g/mol. The molecule has 2 N–H and O–H groups in total. The van der Waals surface area contributed by atoms with E-state index in [1.54, 1.807) is 4.89 Å². The van der Waals surface area contributed by atoms with Crippen molar-refractivity contribution in [3.05, 3.63) is 29.3 Å². The van der Waals surface area contributed by atoms with E-state index in [0.29, 0.717) is 5.02 Å². The fraction of sp³-hybridized carbons (Fsp3) is 0.125. The maximum absolute atomic E-state index is 11.5. The van der Waals surface area contributed by atoms with Crippen LogP contribution in [0.4, 0.5) is 0 Å². The zero-order valence-electron chi connectivity index (χ0n) is 7.88. The van der Waals surface area contributed by atoms with E-state index in [-0.39, 0.29) is 4.90 Å². The highest BCUT2D eigenvalue weighted by atomic mass is 35.5. The molecule has 0 amide bonds. The van der Waals surface area contributed by atoms with E-state index in [2.05, 4.69) is 4.84 Å². The molecule has 0 fully saturated rings. The lowest BCUT2D eigenvalue weighted by Gasteiger charge is -2.05. The van der Waals surface area contributed by atoms with Gasteiger partial charge in [0.15, 0.2) is 6.61 Å². The van der Waals surface area contributed by atoms with Gasteiger partial charge in [-0.2, -0.15) is 0 Å². The van der Waals surface area contributed by atoms with Crippen molar-refractivity contribution in [2.24, 2.45) is 0 Å². The predicted molar refractivity (Wildman–Crippen MR) is 55.4 cm³/mol. The standard InChI is InChI=1S/C8H8ClNO5S/c9-6-1-3-7(4-2-6)16(13,14)10-15-5-8(11)12/h1-4,10H,5H2,(H,11,12). The lowest BCUT2D eigenvalue weighted by Crippen LogP contribution is -2.26. The van der Waals surface area contributed by atoms with Gasteiger partial charge in [-0.25, -0.2) is 13.2 Å². The van der Waals surface area contributed by atoms with Crippen LogP contribution >= 0.6 is 11.6 Å². The molecule has 0 bridgehead atoms. The number of sulfonamides is 1. The fourth-order valence-corrected chi connectivity index (χ4v) is 1.76. The molecule has 0 aromatic heterocycles. The molecule has 88 valence electrons. The van der Waals surface area contributed by atoms with Crippen LogP contribution in [-0.4, -0.2) is 26.1 Å². The number of hydrogen-bond acceptors (Lipinski definition) is 4. The number of aliphatic carboxylic acids is 1. The number of nitrogens with one attached hydrogen (secondary N) is 1.